The normalized spacial score (nSPS) is 12.4. The van der Waals surface area contributed by atoms with Gasteiger partial charge in [0, 0.05) is 12.6 Å². The highest BCUT2D eigenvalue weighted by Crippen LogP contribution is 2.25. The van der Waals surface area contributed by atoms with Crippen LogP contribution in [0.2, 0.25) is 0 Å². The van der Waals surface area contributed by atoms with Gasteiger partial charge in [0.25, 0.3) is 0 Å². The van der Waals surface area contributed by atoms with Crippen molar-refractivity contribution in [3.8, 4) is 10.8 Å². The van der Waals surface area contributed by atoms with E-state index in [9.17, 15) is 4.79 Å². The second-order valence-electron chi connectivity index (χ2n) is 4.38. The number of nitrogens with zero attached hydrogens (tertiary/aromatic N) is 1. The van der Waals surface area contributed by atoms with E-state index in [-0.39, 0.29) is 18.4 Å². The van der Waals surface area contributed by atoms with Crippen molar-refractivity contribution in [2.45, 2.75) is 26.3 Å². The predicted molar refractivity (Wildman–Crippen MR) is 74.9 cm³/mol. The Morgan fingerprint density at radius 3 is 3.05 bits per heavy atom. The van der Waals surface area contributed by atoms with Crippen LogP contribution in [0.4, 0.5) is 0 Å². The quantitative estimate of drug-likeness (QED) is 0.873. The molecule has 0 saturated heterocycles. The Labute approximate surface area is 115 Å². The first kappa shape index (κ1) is 13.8. The number of carbonyl (C=O) groups excluding carboxylic acids is 1. The number of carbonyl (C=O) groups is 1. The first-order valence-corrected chi connectivity index (χ1v) is 6.97. The summed E-state index contributed by atoms with van der Waals surface area (Å²) in [4.78, 5) is 17.1. The van der Waals surface area contributed by atoms with Crippen LogP contribution in [0, 0.1) is 6.92 Å². The number of nitrogens with two attached hydrogens (primary N) is 1. The summed E-state index contributed by atoms with van der Waals surface area (Å²) < 4.78 is 5.59. The van der Waals surface area contributed by atoms with Crippen LogP contribution in [0.5, 0.6) is 0 Å². The lowest BCUT2D eigenvalue weighted by Gasteiger charge is -2.10. The largest absolute Gasteiger partial charge is 0.440 e. The molecule has 0 aliphatic heterocycles. The minimum absolute atomic E-state index is 0.0310. The Balaban J connectivity index is 2.07. The topological polar surface area (TPSA) is 81.2 Å². The second-order valence-corrected chi connectivity index (χ2v) is 5.33. The van der Waals surface area contributed by atoms with E-state index in [1.807, 2.05) is 31.4 Å². The van der Waals surface area contributed by atoms with Crippen molar-refractivity contribution >= 4 is 17.2 Å². The van der Waals surface area contributed by atoms with E-state index in [1.54, 1.807) is 11.3 Å². The van der Waals surface area contributed by atoms with Gasteiger partial charge in [0.2, 0.25) is 11.8 Å². The molecule has 1 atom stereocenters. The molecular weight excluding hydrogens is 262 g/mol. The molecule has 2 aromatic rings. The number of hydrogen-bond acceptors (Lipinski definition) is 5. The number of oxazole rings is 1. The molecule has 0 aliphatic carbocycles. The van der Waals surface area contributed by atoms with Crippen LogP contribution >= 0.6 is 11.3 Å². The smallest absolute Gasteiger partial charge is 0.236 e. The van der Waals surface area contributed by atoms with Crippen LogP contribution in [0.3, 0.4) is 0 Å². The molecule has 2 rings (SSSR count). The van der Waals surface area contributed by atoms with Crippen molar-refractivity contribution in [3.63, 3.8) is 0 Å². The first-order valence-electron chi connectivity index (χ1n) is 6.09. The number of rotatable bonds is 5. The lowest BCUT2D eigenvalue weighted by molar-refractivity contribution is -0.121. The maximum Gasteiger partial charge on any atom is 0.236 e. The average Bonchev–Trinajstić information content (AvgIpc) is 2.99. The molecule has 19 heavy (non-hydrogen) atoms. The van der Waals surface area contributed by atoms with Crippen LogP contribution < -0.4 is 11.1 Å². The molecule has 0 spiro atoms. The molecule has 0 fully saturated rings. The van der Waals surface area contributed by atoms with Crippen molar-refractivity contribution in [3.05, 3.63) is 29.0 Å². The Kier molecular flexibility index (Phi) is 4.34. The van der Waals surface area contributed by atoms with Gasteiger partial charge in [-0.1, -0.05) is 6.07 Å². The summed E-state index contributed by atoms with van der Waals surface area (Å²) in [6.45, 7) is 4.10. The van der Waals surface area contributed by atoms with Gasteiger partial charge in [-0.05, 0) is 25.3 Å². The predicted octanol–water partition coefficient (Wildman–Crippen LogP) is 1.72. The summed E-state index contributed by atoms with van der Waals surface area (Å²) in [6.07, 6.45) is 0.213. The molecule has 2 heterocycles. The average molecular weight is 279 g/mol. The summed E-state index contributed by atoms with van der Waals surface area (Å²) in [7, 11) is 0. The minimum Gasteiger partial charge on any atom is -0.440 e. The Hall–Kier alpha value is -1.66. The number of amides is 1. The van der Waals surface area contributed by atoms with E-state index in [4.69, 9.17) is 10.2 Å². The number of nitrogens with one attached hydrogen (secondary N) is 1. The Morgan fingerprint density at radius 1 is 1.63 bits per heavy atom. The van der Waals surface area contributed by atoms with Crippen LogP contribution in [-0.2, 0) is 11.2 Å². The maximum atomic E-state index is 11.8. The van der Waals surface area contributed by atoms with Gasteiger partial charge in [-0.25, -0.2) is 4.98 Å². The van der Waals surface area contributed by atoms with E-state index in [1.165, 1.54) is 0 Å². The zero-order valence-corrected chi connectivity index (χ0v) is 11.8. The zero-order valence-electron chi connectivity index (χ0n) is 11.0. The summed E-state index contributed by atoms with van der Waals surface area (Å²) >= 11 is 1.56. The van der Waals surface area contributed by atoms with Crippen molar-refractivity contribution in [2.75, 3.05) is 6.54 Å². The van der Waals surface area contributed by atoms with Crippen molar-refractivity contribution in [1.29, 1.82) is 0 Å². The van der Waals surface area contributed by atoms with Crippen molar-refractivity contribution in [1.82, 2.24) is 10.3 Å². The molecule has 0 aliphatic rings. The van der Waals surface area contributed by atoms with Gasteiger partial charge < -0.3 is 15.5 Å². The van der Waals surface area contributed by atoms with Gasteiger partial charge in [0.05, 0.1) is 17.0 Å². The van der Waals surface area contributed by atoms with Gasteiger partial charge in [0.1, 0.15) is 5.76 Å². The van der Waals surface area contributed by atoms with Gasteiger partial charge in [0.15, 0.2) is 0 Å². The number of aromatic nitrogens is 1. The molecule has 0 aromatic carbocycles. The van der Waals surface area contributed by atoms with E-state index < -0.39 is 0 Å². The van der Waals surface area contributed by atoms with Gasteiger partial charge in [-0.2, -0.15) is 0 Å². The van der Waals surface area contributed by atoms with Crippen LogP contribution in [0.15, 0.2) is 21.9 Å². The third-order valence-corrected chi connectivity index (χ3v) is 3.57. The Bertz CT molecular complexity index is 548. The lowest BCUT2D eigenvalue weighted by Crippen LogP contribution is -2.38. The summed E-state index contributed by atoms with van der Waals surface area (Å²) in [6, 6.07) is 3.85. The summed E-state index contributed by atoms with van der Waals surface area (Å²) in [5.41, 5.74) is 6.14. The minimum atomic E-state index is -0.0907. The van der Waals surface area contributed by atoms with Crippen molar-refractivity contribution < 1.29 is 9.21 Å². The fourth-order valence-electron chi connectivity index (χ4n) is 1.63. The maximum absolute atomic E-state index is 11.8. The number of hydrogen-bond donors (Lipinski definition) is 2. The SMILES string of the molecule is Cc1oc(-c2cccs2)nc1CC(=O)N[C@@H](C)CN. The molecule has 0 bridgehead atoms. The first-order chi connectivity index (χ1) is 9.10. The molecule has 5 nitrogen and oxygen atoms in total. The van der Waals surface area contributed by atoms with Crippen LogP contribution in [0.1, 0.15) is 18.4 Å². The number of thiophene rings is 1. The third kappa shape index (κ3) is 3.42. The van der Waals surface area contributed by atoms with Crippen LogP contribution in [-0.4, -0.2) is 23.5 Å². The highest BCUT2D eigenvalue weighted by Gasteiger charge is 2.15. The molecule has 2 aromatic heterocycles. The van der Waals surface area contributed by atoms with E-state index >= 15 is 0 Å². The molecule has 6 heteroatoms. The second kappa shape index (κ2) is 5.99. The number of aryl methyl sites for hydroxylation is 1. The fourth-order valence-corrected chi connectivity index (χ4v) is 2.28. The van der Waals surface area contributed by atoms with E-state index in [0.29, 0.717) is 23.9 Å². The molecule has 0 saturated carbocycles. The monoisotopic (exact) mass is 279 g/mol. The van der Waals surface area contributed by atoms with Gasteiger partial charge in [-0.15, -0.1) is 11.3 Å². The molecular formula is C13H17N3O2S. The molecule has 102 valence electrons. The highest BCUT2D eigenvalue weighted by molar-refractivity contribution is 7.13. The van der Waals surface area contributed by atoms with Crippen LogP contribution in [0.25, 0.3) is 10.8 Å². The lowest BCUT2D eigenvalue weighted by atomic mass is 10.2. The standard InChI is InChI=1S/C13H17N3O2S/c1-8(7-14)15-12(17)6-10-9(2)18-13(16-10)11-4-3-5-19-11/h3-5,8H,6-7,14H2,1-2H3,(H,15,17)/t8-/m0/s1. The molecule has 0 unspecified atom stereocenters. The summed E-state index contributed by atoms with van der Waals surface area (Å²) in [5, 5.41) is 4.77. The van der Waals surface area contributed by atoms with E-state index in [0.717, 1.165) is 4.88 Å². The molecule has 0 radical (unpaired) electrons. The van der Waals surface area contributed by atoms with Gasteiger partial charge in [-0.3, -0.25) is 4.79 Å². The highest BCUT2D eigenvalue weighted by atomic mass is 32.1. The van der Waals surface area contributed by atoms with E-state index in [2.05, 4.69) is 10.3 Å². The molecule has 3 N–H and O–H groups in total. The van der Waals surface area contributed by atoms with Crippen molar-refractivity contribution in [2.24, 2.45) is 5.73 Å². The third-order valence-electron chi connectivity index (χ3n) is 2.71. The zero-order chi connectivity index (χ0) is 13.8. The van der Waals surface area contributed by atoms with Gasteiger partial charge >= 0.3 is 0 Å². The summed E-state index contributed by atoms with van der Waals surface area (Å²) in [5.74, 6) is 1.16. The molecule has 1 amide bonds. The Morgan fingerprint density at radius 2 is 2.42 bits per heavy atom. The fraction of sp³-hybridized carbons (Fsp3) is 0.385.